The van der Waals surface area contributed by atoms with Gasteiger partial charge in [-0.25, -0.2) is 14.7 Å². The minimum absolute atomic E-state index is 0. The molecule has 11 heteroatoms. The molecule has 4 N–H and O–H groups in total. The number of aryl methyl sites for hydroxylation is 1. The molecule has 0 heterocycles. The minimum Gasteiger partial charge on any atom is -0.444 e. The van der Waals surface area contributed by atoms with Crippen molar-refractivity contribution < 1.29 is 24.3 Å². The monoisotopic (exact) mass is 536 g/mol. The zero-order chi connectivity index (χ0) is 27.9. The van der Waals surface area contributed by atoms with Gasteiger partial charge in [-0.05, 0) is 42.2 Å². The Balaban J connectivity index is 0.00000760. The van der Waals surface area contributed by atoms with Crippen LogP contribution in [0, 0.1) is 22.7 Å². The van der Waals surface area contributed by atoms with Crippen LogP contribution in [0.3, 0.4) is 0 Å². The molecule has 2 aromatic rings. The fourth-order valence-electron chi connectivity index (χ4n) is 3.41. The number of ether oxygens (including phenoxy) is 1. The quantitative estimate of drug-likeness (QED) is 0.181. The summed E-state index contributed by atoms with van der Waals surface area (Å²) in [4.78, 5) is 37.2. The van der Waals surface area contributed by atoms with Crippen LogP contribution in [0.2, 0.25) is 0 Å². The first-order valence-electron chi connectivity index (χ1n) is 12.2. The molecular formula is C28H36N6O5. The Bertz CT molecular complexity index is 1150. The van der Waals surface area contributed by atoms with Crippen LogP contribution in [0.25, 0.3) is 11.1 Å². The Morgan fingerprint density at radius 1 is 0.949 bits per heavy atom. The third kappa shape index (κ3) is 10.7. The number of rotatable bonds is 12. The van der Waals surface area contributed by atoms with Crippen molar-refractivity contribution in [1.29, 1.82) is 10.5 Å². The van der Waals surface area contributed by atoms with E-state index >= 15 is 0 Å². The predicted molar refractivity (Wildman–Crippen MR) is 146 cm³/mol. The first-order chi connectivity index (χ1) is 18.3. The van der Waals surface area contributed by atoms with Gasteiger partial charge in [-0.2, -0.15) is 10.5 Å². The van der Waals surface area contributed by atoms with Crippen LogP contribution in [0.15, 0.2) is 48.5 Å². The van der Waals surface area contributed by atoms with Crippen LogP contribution in [0.1, 0.15) is 50.0 Å². The van der Waals surface area contributed by atoms with E-state index in [1.165, 1.54) is 12.5 Å². The van der Waals surface area contributed by atoms with Crippen molar-refractivity contribution in [3.05, 3.63) is 59.7 Å². The van der Waals surface area contributed by atoms with Crippen molar-refractivity contribution in [2.24, 2.45) is 0 Å². The molecule has 0 saturated carbocycles. The van der Waals surface area contributed by atoms with Gasteiger partial charge in [-0.3, -0.25) is 10.0 Å². The number of carbonyl (C=O) groups excluding carboxylic acids is 3. The summed E-state index contributed by atoms with van der Waals surface area (Å²) in [6.07, 6.45) is -0.680. The predicted octanol–water partition coefficient (Wildman–Crippen LogP) is 3.99. The van der Waals surface area contributed by atoms with Crippen molar-refractivity contribution in [1.82, 2.24) is 21.0 Å². The highest BCUT2D eigenvalue weighted by molar-refractivity contribution is 5.95. The van der Waals surface area contributed by atoms with Gasteiger partial charge >= 0.3 is 12.1 Å². The molecule has 0 aromatic heterocycles. The number of nitrogens with zero attached hydrogens (tertiary/aromatic N) is 3. The zero-order valence-corrected chi connectivity index (χ0v) is 21.4. The highest BCUT2D eigenvalue weighted by atomic mass is 16.6. The van der Waals surface area contributed by atoms with Crippen molar-refractivity contribution in [3.63, 3.8) is 0 Å². The number of amides is 4. The molecule has 0 bridgehead atoms. The summed E-state index contributed by atoms with van der Waals surface area (Å²) in [5.41, 5.74) is 3.50. The number of benzene rings is 2. The van der Waals surface area contributed by atoms with Gasteiger partial charge in [0.1, 0.15) is 6.10 Å². The number of urea groups is 1. The minimum atomic E-state index is -0.989. The molecule has 208 valence electrons. The fraction of sp³-hybridized carbons (Fsp3) is 0.393. The van der Waals surface area contributed by atoms with Crippen LogP contribution in [-0.4, -0.2) is 60.1 Å². The van der Waals surface area contributed by atoms with Crippen molar-refractivity contribution >= 4 is 18.0 Å². The van der Waals surface area contributed by atoms with E-state index in [4.69, 9.17) is 15.3 Å². The summed E-state index contributed by atoms with van der Waals surface area (Å²) in [5, 5.41) is 35.3. The van der Waals surface area contributed by atoms with E-state index in [1.54, 1.807) is 12.1 Å². The molecule has 11 nitrogen and oxygen atoms in total. The summed E-state index contributed by atoms with van der Waals surface area (Å²) in [5.74, 6) is -0.499. The van der Waals surface area contributed by atoms with E-state index < -0.39 is 36.7 Å². The maximum absolute atomic E-state index is 13.0. The largest absolute Gasteiger partial charge is 0.444 e. The van der Waals surface area contributed by atoms with Gasteiger partial charge in [0.15, 0.2) is 0 Å². The maximum Gasteiger partial charge on any atom is 0.407 e. The molecule has 0 unspecified atom stereocenters. The van der Waals surface area contributed by atoms with Gasteiger partial charge in [0, 0.05) is 18.7 Å². The number of nitrogens with one attached hydrogen (secondary N) is 3. The lowest BCUT2D eigenvalue weighted by Gasteiger charge is -2.28. The number of hydroxylamine groups is 2. The van der Waals surface area contributed by atoms with Crippen molar-refractivity contribution in [2.45, 2.75) is 52.7 Å². The number of alkyl carbamates (subject to hydrolysis) is 1. The van der Waals surface area contributed by atoms with E-state index in [9.17, 15) is 19.6 Å². The van der Waals surface area contributed by atoms with Gasteiger partial charge < -0.3 is 20.7 Å². The standard InChI is InChI=1S/C27H32N6O5.CH4/c1-3-20-6-8-21(9-7-20)22-10-12-23(13-11-22)25(34)32-24(18-33(37)26(35)30-16-4-14-28)19(2)38-27(36)31-17-5-15-29;/h6-13,19,24,37H,3-5,16-18H2,1-2H3,(H,30,35)(H,31,36)(H,32,34);1H4/t19-,24-;/m1./s1. The fourth-order valence-corrected chi connectivity index (χ4v) is 3.41. The van der Waals surface area contributed by atoms with Gasteiger partial charge in [-0.15, -0.1) is 0 Å². The number of carbonyl (C=O) groups is 3. The smallest absolute Gasteiger partial charge is 0.407 e. The average molecular weight is 537 g/mol. The molecule has 2 aromatic carbocycles. The topological polar surface area (TPSA) is 168 Å². The molecule has 2 rings (SSSR count). The summed E-state index contributed by atoms with van der Waals surface area (Å²) >= 11 is 0. The third-order valence-electron chi connectivity index (χ3n) is 5.64. The van der Waals surface area contributed by atoms with Gasteiger partial charge in [-0.1, -0.05) is 50.7 Å². The number of hydrogen-bond donors (Lipinski definition) is 4. The second-order valence-electron chi connectivity index (χ2n) is 8.38. The van der Waals surface area contributed by atoms with Gasteiger partial charge in [0.05, 0.1) is 37.6 Å². The molecule has 0 aliphatic carbocycles. The molecule has 0 aliphatic heterocycles. The highest BCUT2D eigenvalue weighted by Gasteiger charge is 2.27. The molecule has 0 saturated heterocycles. The molecule has 0 spiro atoms. The first kappa shape index (κ1) is 32.4. The summed E-state index contributed by atoms with van der Waals surface area (Å²) < 4.78 is 5.28. The lowest BCUT2D eigenvalue weighted by molar-refractivity contribution is -0.0587. The third-order valence-corrected chi connectivity index (χ3v) is 5.64. The molecule has 0 radical (unpaired) electrons. The molecule has 4 amide bonds. The Morgan fingerprint density at radius 3 is 2.03 bits per heavy atom. The summed E-state index contributed by atoms with van der Waals surface area (Å²) in [7, 11) is 0. The van der Waals surface area contributed by atoms with Crippen LogP contribution in [0.4, 0.5) is 9.59 Å². The Hall–Kier alpha value is -4.61. The number of nitriles is 2. The van der Waals surface area contributed by atoms with Crippen LogP contribution >= 0.6 is 0 Å². The molecule has 0 aliphatic rings. The normalized spacial score (nSPS) is 11.4. The SMILES string of the molecule is C.CCc1ccc(-c2ccc(C(=O)N[C@H](CN(O)C(=O)NCCC#N)[C@@H](C)OC(=O)NCCC#N)cc2)cc1. The lowest BCUT2D eigenvalue weighted by atomic mass is 10.0. The Labute approximate surface area is 229 Å². The maximum atomic E-state index is 13.0. The van der Waals surface area contributed by atoms with Crippen LogP contribution in [0.5, 0.6) is 0 Å². The summed E-state index contributed by atoms with van der Waals surface area (Å²) in [6.45, 7) is 3.29. The zero-order valence-electron chi connectivity index (χ0n) is 21.4. The molecule has 39 heavy (non-hydrogen) atoms. The van der Waals surface area contributed by atoms with E-state index in [0.717, 1.165) is 17.5 Å². The van der Waals surface area contributed by atoms with E-state index in [1.807, 2.05) is 36.4 Å². The Morgan fingerprint density at radius 2 is 1.49 bits per heavy atom. The van der Waals surface area contributed by atoms with Crippen LogP contribution < -0.4 is 16.0 Å². The van der Waals surface area contributed by atoms with Gasteiger partial charge in [0.25, 0.3) is 5.91 Å². The highest BCUT2D eigenvalue weighted by Crippen LogP contribution is 2.21. The second-order valence-corrected chi connectivity index (χ2v) is 8.38. The average Bonchev–Trinajstić information content (AvgIpc) is 2.92. The summed E-state index contributed by atoms with van der Waals surface area (Å²) in [6, 6.07) is 17.0. The van der Waals surface area contributed by atoms with E-state index in [2.05, 4.69) is 35.0 Å². The first-order valence-corrected chi connectivity index (χ1v) is 12.2. The second kappa shape index (κ2) is 17.0. The molecular weight excluding hydrogens is 500 g/mol. The van der Waals surface area contributed by atoms with Gasteiger partial charge in [0.2, 0.25) is 0 Å². The lowest BCUT2D eigenvalue weighted by Crippen LogP contribution is -2.53. The Kier molecular flexibility index (Phi) is 14.1. The van der Waals surface area contributed by atoms with Crippen molar-refractivity contribution in [3.8, 4) is 23.3 Å². The van der Waals surface area contributed by atoms with E-state index in [-0.39, 0.29) is 33.4 Å². The molecule has 2 atom stereocenters. The van der Waals surface area contributed by atoms with Crippen LogP contribution in [-0.2, 0) is 11.2 Å². The number of hydrogen-bond acceptors (Lipinski definition) is 7. The van der Waals surface area contributed by atoms with Crippen molar-refractivity contribution in [2.75, 3.05) is 19.6 Å². The molecule has 0 fully saturated rings. The van der Waals surface area contributed by atoms with E-state index in [0.29, 0.717) is 10.6 Å².